The Labute approximate surface area is 157 Å². The maximum absolute atomic E-state index is 13.0. The topological polar surface area (TPSA) is 59.2 Å². The molecule has 1 unspecified atom stereocenters. The minimum Gasteiger partial charge on any atom is -0.339 e. The predicted molar refractivity (Wildman–Crippen MR) is 106 cm³/mol. The Balaban J connectivity index is 1.46. The second kappa shape index (κ2) is 7.56. The van der Waals surface area contributed by atoms with Crippen LogP contribution in [0.1, 0.15) is 34.7 Å². The number of thiophene rings is 1. The average molecular weight is 366 g/mol. The SMILES string of the molecule is NCC(c1ccccc1)C1CCN(C(=O)c2ccnc3ccsc23)CC1. The highest BCUT2D eigenvalue weighted by Crippen LogP contribution is 2.33. The normalized spacial score (nSPS) is 16.7. The van der Waals surface area contributed by atoms with Gasteiger partial charge in [0.25, 0.3) is 5.91 Å². The predicted octanol–water partition coefficient (Wildman–Crippen LogP) is 3.89. The van der Waals surface area contributed by atoms with Crippen LogP contribution in [-0.2, 0) is 0 Å². The molecule has 2 aromatic heterocycles. The summed E-state index contributed by atoms with van der Waals surface area (Å²) in [6, 6.07) is 14.3. The van der Waals surface area contributed by atoms with Gasteiger partial charge >= 0.3 is 0 Å². The number of hydrogen-bond acceptors (Lipinski definition) is 4. The average Bonchev–Trinajstić information content (AvgIpc) is 3.18. The minimum absolute atomic E-state index is 0.127. The lowest BCUT2D eigenvalue weighted by Gasteiger charge is -2.36. The first-order valence-corrected chi connectivity index (χ1v) is 10.0. The lowest BCUT2D eigenvalue weighted by molar-refractivity contribution is 0.0681. The first kappa shape index (κ1) is 17.2. The van der Waals surface area contributed by atoms with E-state index in [2.05, 4.69) is 29.2 Å². The molecule has 3 aromatic rings. The van der Waals surface area contributed by atoms with E-state index in [0.717, 1.165) is 41.7 Å². The van der Waals surface area contributed by atoms with E-state index in [1.165, 1.54) is 5.56 Å². The molecule has 4 rings (SSSR count). The molecule has 134 valence electrons. The van der Waals surface area contributed by atoms with Gasteiger partial charge in [0.1, 0.15) is 0 Å². The van der Waals surface area contributed by atoms with Gasteiger partial charge in [0.15, 0.2) is 0 Å². The van der Waals surface area contributed by atoms with Crippen molar-refractivity contribution in [2.75, 3.05) is 19.6 Å². The number of aromatic nitrogens is 1. The zero-order valence-corrected chi connectivity index (χ0v) is 15.5. The molecule has 1 amide bonds. The fraction of sp³-hybridized carbons (Fsp3) is 0.333. The second-order valence-corrected chi connectivity index (χ2v) is 7.79. The maximum atomic E-state index is 13.0. The van der Waals surface area contributed by atoms with Crippen LogP contribution in [0.3, 0.4) is 0 Å². The van der Waals surface area contributed by atoms with Crippen LogP contribution in [0.4, 0.5) is 0 Å². The van der Waals surface area contributed by atoms with Crippen molar-refractivity contribution in [3.8, 4) is 0 Å². The Hall–Kier alpha value is -2.24. The van der Waals surface area contributed by atoms with Crippen molar-refractivity contribution in [1.29, 1.82) is 0 Å². The number of carbonyl (C=O) groups excluding carboxylic acids is 1. The Morgan fingerprint density at radius 3 is 2.69 bits per heavy atom. The van der Waals surface area contributed by atoms with Gasteiger partial charge in [-0.15, -0.1) is 11.3 Å². The molecule has 0 radical (unpaired) electrons. The van der Waals surface area contributed by atoms with Crippen LogP contribution in [0.5, 0.6) is 0 Å². The quantitative estimate of drug-likeness (QED) is 0.763. The van der Waals surface area contributed by atoms with E-state index in [-0.39, 0.29) is 5.91 Å². The van der Waals surface area contributed by atoms with Crippen LogP contribution in [-0.4, -0.2) is 35.4 Å². The van der Waals surface area contributed by atoms with Gasteiger partial charge in [-0.25, -0.2) is 0 Å². The number of benzene rings is 1. The monoisotopic (exact) mass is 365 g/mol. The highest BCUT2D eigenvalue weighted by Gasteiger charge is 2.29. The number of nitrogens with zero attached hydrogens (tertiary/aromatic N) is 2. The van der Waals surface area contributed by atoms with Gasteiger partial charge in [0.2, 0.25) is 0 Å². The van der Waals surface area contributed by atoms with E-state index in [4.69, 9.17) is 5.73 Å². The van der Waals surface area contributed by atoms with Crippen LogP contribution in [0, 0.1) is 5.92 Å². The van der Waals surface area contributed by atoms with Crippen molar-refractivity contribution >= 4 is 27.5 Å². The van der Waals surface area contributed by atoms with Gasteiger partial charge in [-0.2, -0.15) is 0 Å². The molecule has 1 aliphatic heterocycles. The summed E-state index contributed by atoms with van der Waals surface area (Å²) in [4.78, 5) is 19.3. The number of amides is 1. The molecular formula is C21H23N3OS. The summed E-state index contributed by atoms with van der Waals surface area (Å²) in [7, 11) is 0. The van der Waals surface area contributed by atoms with Crippen LogP contribution in [0.15, 0.2) is 54.0 Å². The summed E-state index contributed by atoms with van der Waals surface area (Å²) in [5, 5.41) is 1.99. The molecule has 0 saturated carbocycles. The molecule has 4 nitrogen and oxygen atoms in total. The number of carbonyl (C=O) groups is 1. The first-order chi connectivity index (χ1) is 12.8. The summed E-state index contributed by atoms with van der Waals surface area (Å²) >= 11 is 1.59. The third kappa shape index (κ3) is 3.24. The molecule has 26 heavy (non-hydrogen) atoms. The molecule has 3 heterocycles. The van der Waals surface area contributed by atoms with Crippen LogP contribution < -0.4 is 5.73 Å². The third-order valence-electron chi connectivity index (χ3n) is 5.45. The van der Waals surface area contributed by atoms with E-state index < -0.39 is 0 Å². The van der Waals surface area contributed by atoms with Gasteiger partial charge in [-0.05, 0) is 54.3 Å². The van der Waals surface area contributed by atoms with Gasteiger partial charge in [0, 0.05) is 19.3 Å². The Morgan fingerprint density at radius 2 is 1.96 bits per heavy atom. The van der Waals surface area contributed by atoms with Crippen molar-refractivity contribution < 1.29 is 4.79 Å². The number of pyridine rings is 1. The minimum atomic E-state index is 0.127. The van der Waals surface area contributed by atoms with Gasteiger partial charge in [-0.1, -0.05) is 30.3 Å². The van der Waals surface area contributed by atoms with E-state index >= 15 is 0 Å². The Morgan fingerprint density at radius 1 is 1.19 bits per heavy atom. The van der Waals surface area contributed by atoms with Crippen molar-refractivity contribution in [3.63, 3.8) is 0 Å². The van der Waals surface area contributed by atoms with Crippen LogP contribution in [0.25, 0.3) is 10.2 Å². The van der Waals surface area contributed by atoms with E-state index in [1.54, 1.807) is 17.5 Å². The fourth-order valence-corrected chi connectivity index (χ4v) is 4.87. The van der Waals surface area contributed by atoms with Gasteiger partial charge in [-0.3, -0.25) is 9.78 Å². The fourth-order valence-electron chi connectivity index (χ4n) is 4.02. The number of rotatable bonds is 4. The number of likely N-dealkylation sites (tertiary alicyclic amines) is 1. The van der Waals surface area contributed by atoms with Crippen molar-refractivity contribution in [1.82, 2.24) is 9.88 Å². The van der Waals surface area contributed by atoms with Crippen molar-refractivity contribution in [2.24, 2.45) is 11.7 Å². The lowest BCUT2D eigenvalue weighted by atomic mass is 9.80. The zero-order chi connectivity index (χ0) is 17.9. The molecule has 0 spiro atoms. The zero-order valence-electron chi connectivity index (χ0n) is 14.7. The molecule has 1 aliphatic rings. The van der Waals surface area contributed by atoms with Crippen molar-refractivity contribution in [3.05, 3.63) is 65.2 Å². The molecule has 1 fully saturated rings. The van der Waals surface area contributed by atoms with Crippen LogP contribution >= 0.6 is 11.3 Å². The second-order valence-electron chi connectivity index (χ2n) is 6.88. The lowest BCUT2D eigenvalue weighted by Crippen LogP contribution is -2.40. The number of piperidine rings is 1. The summed E-state index contributed by atoms with van der Waals surface area (Å²) < 4.78 is 0.990. The molecular weight excluding hydrogens is 342 g/mol. The molecule has 5 heteroatoms. The smallest absolute Gasteiger partial charge is 0.255 e. The maximum Gasteiger partial charge on any atom is 0.255 e. The Bertz CT molecular complexity index is 884. The van der Waals surface area contributed by atoms with E-state index in [9.17, 15) is 4.79 Å². The summed E-state index contributed by atoms with van der Waals surface area (Å²) in [5.41, 5.74) is 9.08. The summed E-state index contributed by atoms with van der Waals surface area (Å²) in [5.74, 6) is 1.03. The largest absolute Gasteiger partial charge is 0.339 e. The summed E-state index contributed by atoms with van der Waals surface area (Å²) in [6.07, 6.45) is 3.73. The number of fused-ring (bicyclic) bond motifs is 1. The molecule has 0 bridgehead atoms. The van der Waals surface area contributed by atoms with E-state index in [1.807, 2.05) is 28.5 Å². The third-order valence-corrected chi connectivity index (χ3v) is 6.39. The number of hydrogen-bond donors (Lipinski definition) is 1. The molecule has 1 saturated heterocycles. The van der Waals surface area contributed by atoms with Gasteiger partial charge < -0.3 is 10.6 Å². The molecule has 0 aliphatic carbocycles. The molecule has 1 atom stereocenters. The van der Waals surface area contributed by atoms with Crippen molar-refractivity contribution in [2.45, 2.75) is 18.8 Å². The molecule has 2 N–H and O–H groups in total. The van der Waals surface area contributed by atoms with E-state index in [0.29, 0.717) is 18.4 Å². The summed E-state index contributed by atoms with van der Waals surface area (Å²) in [6.45, 7) is 2.24. The van der Waals surface area contributed by atoms with Crippen LogP contribution in [0.2, 0.25) is 0 Å². The molecule has 1 aromatic carbocycles. The standard InChI is InChI=1S/C21H23N3OS/c22-14-18(15-4-2-1-3-5-15)16-7-11-24(12-8-16)21(25)17-6-10-23-19-9-13-26-20(17)19/h1-6,9-10,13,16,18H,7-8,11-12,14,22H2. The highest BCUT2D eigenvalue weighted by atomic mass is 32.1. The first-order valence-electron chi connectivity index (χ1n) is 9.14. The number of nitrogens with two attached hydrogens (primary N) is 1. The van der Waals surface area contributed by atoms with Gasteiger partial charge in [0.05, 0.1) is 15.8 Å². The Kier molecular flexibility index (Phi) is 5.00. The highest BCUT2D eigenvalue weighted by molar-refractivity contribution is 7.17.